The molecule has 9 N–H and O–H groups in total. The first-order valence-corrected chi connectivity index (χ1v) is 18.6. The fraction of sp³-hybridized carbons (Fsp3) is 0.259. The van der Waals surface area contributed by atoms with E-state index in [0.717, 1.165) is 58.0 Å². The Hall–Kier alpha value is -5.17. The van der Waals surface area contributed by atoms with Crippen LogP contribution in [0.2, 0.25) is 0 Å². The van der Waals surface area contributed by atoms with E-state index < -0.39 is 80.1 Å². The molecular weight excluding hydrogens is 757 g/mol. The van der Waals surface area contributed by atoms with Crippen LogP contribution in [-0.2, 0) is 46.9 Å². The lowest BCUT2D eigenvalue weighted by atomic mass is 10.0. The highest BCUT2D eigenvalue weighted by Crippen LogP contribution is 2.41. The lowest BCUT2D eigenvalue weighted by Crippen LogP contribution is -2.71. The molecule has 5 rings (SSSR count). The molecule has 2 aromatic heterocycles. The number of aryl methyl sites for hydroxylation is 1. The normalized spacial score (nSPS) is 18.1. The molecule has 1 aromatic carbocycles. The van der Waals surface area contributed by atoms with Gasteiger partial charge in [-0.3, -0.25) is 19.0 Å². The summed E-state index contributed by atoms with van der Waals surface area (Å²) < 4.78 is 33.1. The van der Waals surface area contributed by atoms with Crippen LogP contribution in [0.15, 0.2) is 51.4 Å². The highest BCUT2D eigenvalue weighted by Gasteiger charge is 2.53. The molecule has 0 radical (unpaired) electrons. The van der Waals surface area contributed by atoms with Crippen LogP contribution in [0.25, 0.3) is 0 Å². The number of nitrogens with one attached hydrogen (secondary N) is 1. The number of aromatic hydroxyl groups is 2. The number of fused-ring (bicyclic) bond motifs is 1. The molecule has 24 heteroatoms. The number of hydrogen-bond acceptors (Lipinski definition) is 18. The van der Waals surface area contributed by atoms with E-state index in [2.05, 4.69) is 20.4 Å². The van der Waals surface area contributed by atoms with Gasteiger partial charge >= 0.3 is 11.1 Å². The smallest absolute Gasteiger partial charge is 0.361 e. The van der Waals surface area contributed by atoms with Gasteiger partial charge in [0, 0.05) is 22.4 Å². The zero-order valence-corrected chi connectivity index (χ0v) is 29.1. The molecule has 1 saturated heterocycles. The minimum atomic E-state index is -4.38. The molecule has 3 aromatic rings. The molecule has 3 unspecified atom stereocenters. The molecule has 2 aliphatic heterocycles. The molecule has 1 fully saturated rings. The summed E-state index contributed by atoms with van der Waals surface area (Å²) in [5, 5.41) is 48.3. The minimum Gasteiger partial charge on any atom is -0.543 e. The third kappa shape index (κ3) is 8.09. The molecule has 270 valence electrons. The van der Waals surface area contributed by atoms with Crippen LogP contribution in [0.1, 0.15) is 22.9 Å². The number of carboxylic acids is 2. The van der Waals surface area contributed by atoms with E-state index in [0.29, 0.717) is 0 Å². The van der Waals surface area contributed by atoms with Crippen molar-refractivity contribution in [3.63, 3.8) is 0 Å². The summed E-state index contributed by atoms with van der Waals surface area (Å²) in [6.07, 6.45) is -0.507. The van der Waals surface area contributed by atoms with Crippen molar-refractivity contribution in [3.8, 4) is 11.5 Å². The zero-order valence-electron chi connectivity index (χ0n) is 25.8. The van der Waals surface area contributed by atoms with E-state index in [1.54, 1.807) is 0 Å². The number of phenolic OH excluding ortho intramolecular Hbond substituents is 2. The van der Waals surface area contributed by atoms with E-state index in [-0.39, 0.29) is 50.0 Å². The number of benzene rings is 1. The van der Waals surface area contributed by atoms with Gasteiger partial charge in [-0.1, -0.05) is 11.2 Å². The average molecular weight is 783 g/mol. The maximum Gasteiger partial charge on any atom is 0.361 e. The fourth-order valence-corrected chi connectivity index (χ4v) is 8.45. The monoisotopic (exact) mass is 782 g/mol. The number of rotatable bonds is 13. The van der Waals surface area contributed by atoms with Crippen molar-refractivity contribution in [2.45, 2.75) is 28.4 Å². The number of anilines is 2. The summed E-state index contributed by atoms with van der Waals surface area (Å²) in [5.41, 5.74) is 10.7. The van der Waals surface area contributed by atoms with E-state index >= 15 is 0 Å². The summed E-state index contributed by atoms with van der Waals surface area (Å²) in [6.45, 7) is 0. The molecule has 0 saturated carbocycles. The fourth-order valence-electron chi connectivity index (χ4n) is 4.85. The van der Waals surface area contributed by atoms with Gasteiger partial charge in [-0.15, -0.1) is 23.1 Å². The second-order valence-corrected chi connectivity index (χ2v) is 15.1. The predicted octanol–water partition coefficient (Wildman–Crippen LogP) is -1.93. The number of thioether (sulfide) groups is 2. The number of hydrogen-bond donors (Lipinski definition) is 7. The Morgan fingerprint density at radius 2 is 1.98 bits per heavy atom. The second kappa shape index (κ2) is 14.6. The number of β-lactam (4-membered cyclic amide) rings is 1. The SMILES string of the molecule is C[n+]1cc(CS(=O)(=O)O)c(N)nc1SCC1=C(C(=O)[O-])N2C(=O)C(NC(=O)/C(=N\OC(C(=O)O)c3ccc(O)c(O)c3)c3csc(N)n3)C2SC1. The number of thiazole rings is 1. The highest BCUT2D eigenvalue weighted by atomic mass is 32.2. The van der Waals surface area contributed by atoms with Crippen molar-refractivity contribution in [1.82, 2.24) is 20.2 Å². The van der Waals surface area contributed by atoms with E-state index in [4.69, 9.17) is 20.9 Å². The van der Waals surface area contributed by atoms with Gasteiger partial charge in [0.05, 0.1) is 24.3 Å². The number of oxime groups is 1. The molecule has 3 atom stereocenters. The van der Waals surface area contributed by atoms with Crippen molar-refractivity contribution >= 4 is 85.4 Å². The first kappa shape index (κ1) is 37.1. The Labute approximate surface area is 299 Å². The number of nitrogens with two attached hydrogens (primary N) is 2. The molecule has 51 heavy (non-hydrogen) atoms. The van der Waals surface area contributed by atoms with E-state index in [9.17, 15) is 48.0 Å². The van der Waals surface area contributed by atoms with Gasteiger partial charge in [0.2, 0.25) is 11.9 Å². The third-order valence-electron chi connectivity index (χ3n) is 7.19. The molecular formula is C27H26N8O12S4. The number of amides is 2. The van der Waals surface area contributed by atoms with Gasteiger partial charge in [-0.05, 0) is 34.5 Å². The summed E-state index contributed by atoms with van der Waals surface area (Å²) in [5.74, 6) is -7.04. The molecule has 2 aliphatic rings. The average Bonchev–Trinajstić information content (AvgIpc) is 3.48. The molecule has 0 aliphatic carbocycles. The largest absolute Gasteiger partial charge is 0.543 e. The Bertz CT molecular complexity index is 2120. The molecule has 0 bridgehead atoms. The Morgan fingerprint density at radius 1 is 1.25 bits per heavy atom. The lowest BCUT2D eigenvalue weighted by Gasteiger charge is -2.50. The first-order chi connectivity index (χ1) is 23.9. The quantitative estimate of drug-likeness (QED) is 0.0145. The van der Waals surface area contributed by atoms with Gasteiger partial charge in [-0.25, -0.2) is 14.3 Å². The van der Waals surface area contributed by atoms with Crippen LogP contribution >= 0.6 is 34.9 Å². The third-order valence-corrected chi connectivity index (χ3v) is 11.0. The molecule has 4 heterocycles. The number of aromatic nitrogens is 3. The number of phenols is 2. The molecule has 0 spiro atoms. The van der Waals surface area contributed by atoms with E-state index in [1.165, 1.54) is 23.2 Å². The van der Waals surface area contributed by atoms with Crippen LogP contribution in [0.4, 0.5) is 10.9 Å². The standard InChI is InChI=1S/C27H26N8O12S4/c1-34-5-11(9-51(44,45)46)20(28)32-27(34)50-7-12-6-48-23-17(22(39)35(23)18(12)24(40)41)31-21(38)16(13-8-49-26(29)30-13)33-47-19(25(42)43)10-2-3-14(36)15(37)4-10/h2-5,8,17,19,23,28H,6-7,9H2,1H3,(H8,29,30,31,33,36,37,38,40,41,42,43,44,45,46). The van der Waals surface area contributed by atoms with Gasteiger partial charge in [0.15, 0.2) is 22.3 Å². The number of carbonyl (C=O) groups is 4. The predicted molar refractivity (Wildman–Crippen MR) is 177 cm³/mol. The maximum atomic E-state index is 13.5. The Kier molecular flexibility index (Phi) is 10.6. The van der Waals surface area contributed by atoms with Crippen molar-refractivity contribution < 1.29 is 62.0 Å². The first-order valence-electron chi connectivity index (χ1n) is 14.1. The number of carboxylic acid groups (broad SMARTS) is 2. The van der Waals surface area contributed by atoms with Gasteiger partial charge in [-0.2, -0.15) is 8.42 Å². The van der Waals surface area contributed by atoms with Gasteiger partial charge in [0.25, 0.3) is 21.9 Å². The molecule has 2 amide bonds. The van der Waals surface area contributed by atoms with Crippen molar-refractivity contribution in [2.75, 3.05) is 23.0 Å². The number of carbonyl (C=O) groups excluding carboxylic acids is 3. The summed E-state index contributed by atoms with van der Waals surface area (Å²) in [7, 11) is -2.84. The van der Waals surface area contributed by atoms with Crippen molar-refractivity contribution in [2.24, 2.45) is 12.2 Å². The van der Waals surface area contributed by atoms with Gasteiger partial charge in [0.1, 0.15) is 29.1 Å². The minimum absolute atomic E-state index is 0.00467. The number of aliphatic carboxylic acids is 2. The van der Waals surface area contributed by atoms with E-state index in [1.807, 2.05) is 0 Å². The van der Waals surface area contributed by atoms with Crippen molar-refractivity contribution in [3.05, 3.63) is 57.9 Å². The van der Waals surface area contributed by atoms with Crippen LogP contribution < -0.4 is 26.5 Å². The molecule has 20 nitrogen and oxygen atoms in total. The Balaban J connectivity index is 1.34. The van der Waals surface area contributed by atoms with Crippen molar-refractivity contribution in [1.29, 1.82) is 0 Å². The van der Waals surface area contributed by atoms with Crippen LogP contribution in [0, 0.1) is 0 Å². The Morgan fingerprint density at radius 3 is 2.59 bits per heavy atom. The zero-order chi connectivity index (χ0) is 37.4. The van der Waals surface area contributed by atoms with Gasteiger partial charge < -0.3 is 46.8 Å². The summed E-state index contributed by atoms with van der Waals surface area (Å²) >= 11 is 3.11. The highest BCUT2D eigenvalue weighted by molar-refractivity contribution is 8.01. The van der Waals surface area contributed by atoms with Crippen LogP contribution in [0.3, 0.4) is 0 Å². The second-order valence-electron chi connectivity index (χ2n) is 10.7. The summed E-state index contributed by atoms with van der Waals surface area (Å²) in [6, 6.07) is 1.84. The maximum absolute atomic E-state index is 13.5. The number of nitrogens with zero attached hydrogens (tertiary/aromatic N) is 5. The number of nitrogen functional groups attached to an aromatic ring is 2. The topological polar surface area (TPSA) is 325 Å². The van der Waals surface area contributed by atoms with Crippen LogP contribution in [0.5, 0.6) is 11.5 Å². The lowest BCUT2D eigenvalue weighted by molar-refractivity contribution is -0.713. The van der Waals surface area contributed by atoms with Crippen LogP contribution in [-0.4, -0.2) is 95.5 Å². The summed E-state index contributed by atoms with van der Waals surface area (Å²) in [4.78, 5) is 65.3.